The van der Waals surface area contributed by atoms with Gasteiger partial charge >= 0.3 is 0 Å². The number of aryl methyl sites for hydroxylation is 2. The Balaban J connectivity index is 1.27. The molecule has 0 atom stereocenters. The Morgan fingerprint density at radius 1 is 0.893 bits per heavy atom. The molecular weight excluding hydrogens is 350 g/mol. The van der Waals surface area contributed by atoms with Gasteiger partial charge in [-0.25, -0.2) is 4.98 Å². The maximum Gasteiger partial charge on any atom is 0.223 e. The van der Waals surface area contributed by atoms with Crippen molar-refractivity contribution in [3.05, 3.63) is 59.3 Å². The fourth-order valence-electron chi connectivity index (χ4n) is 4.16. The van der Waals surface area contributed by atoms with Crippen LogP contribution in [0.25, 0.3) is 0 Å². The van der Waals surface area contributed by atoms with Crippen LogP contribution in [-0.2, 0) is 17.6 Å². The highest BCUT2D eigenvalue weighted by molar-refractivity contribution is 5.98. The summed E-state index contributed by atoms with van der Waals surface area (Å²) in [7, 11) is 0. The second-order valence-corrected chi connectivity index (χ2v) is 7.67. The molecule has 4 rings (SSSR count). The van der Waals surface area contributed by atoms with Gasteiger partial charge in [0.25, 0.3) is 0 Å². The van der Waals surface area contributed by atoms with Crippen LogP contribution in [0.3, 0.4) is 0 Å². The maximum atomic E-state index is 12.6. The summed E-state index contributed by atoms with van der Waals surface area (Å²) in [5, 5.41) is 0. The molecule has 146 valence electrons. The Hall–Kier alpha value is -2.69. The highest BCUT2D eigenvalue weighted by Gasteiger charge is 2.22. The van der Waals surface area contributed by atoms with E-state index >= 15 is 0 Å². The van der Waals surface area contributed by atoms with Gasteiger partial charge < -0.3 is 9.80 Å². The van der Waals surface area contributed by atoms with Crippen LogP contribution in [0.1, 0.15) is 47.2 Å². The molecule has 1 aliphatic heterocycles. The zero-order chi connectivity index (χ0) is 19.3. The van der Waals surface area contributed by atoms with E-state index in [1.807, 2.05) is 35.2 Å². The number of pyridine rings is 1. The van der Waals surface area contributed by atoms with Crippen LogP contribution in [0.5, 0.6) is 0 Å². The normalized spacial score (nSPS) is 16.6. The van der Waals surface area contributed by atoms with Gasteiger partial charge in [0.2, 0.25) is 5.91 Å². The molecule has 0 saturated carbocycles. The fourth-order valence-corrected chi connectivity index (χ4v) is 4.16. The molecule has 2 aliphatic rings. The summed E-state index contributed by atoms with van der Waals surface area (Å²) >= 11 is 0. The molecule has 1 aromatic heterocycles. The Morgan fingerprint density at radius 3 is 2.43 bits per heavy atom. The Labute approximate surface area is 166 Å². The third-order valence-corrected chi connectivity index (χ3v) is 5.84. The second-order valence-electron chi connectivity index (χ2n) is 7.67. The lowest BCUT2D eigenvalue weighted by Crippen LogP contribution is -2.49. The zero-order valence-corrected chi connectivity index (χ0v) is 16.3. The van der Waals surface area contributed by atoms with E-state index in [2.05, 4.69) is 16.0 Å². The number of piperazine rings is 1. The van der Waals surface area contributed by atoms with E-state index in [1.54, 1.807) is 6.20 Å². The van der Waals surface area contributed by atoms with Crippen molar-refractivity contribution < 1.29 is 9.59 Å². The van der Waals surface area contributed by atoms with Gasteiger partial charge in [-0.2, -0.15) is 0 Å². The minimum Gasteiger partial charge on any atom is -0.353 e. The van der Waals surface area contributed by atoms with Crippen LogP contribution in [-0.4, -0.2) is 47.8 Å². The summed E-state index contributed by atoms with van der Waals surface area (Å²) in [4.78, 5) is 33.6. The van der Waals surface area contributed by atoms with E-state index < -0.39 is 0 Å². The van der Waals surface area contributed by atoms with Crippen LogP contribution in [0, 0.1) is 0 Å². The monoisotopic (exact) mass is 377 g/mol. The van der Waals surface area contributed by atoms with Crippen LogP contribution in [0.4, 0.5) is 5.82 Å². The molecule has 5 nitrogen and oxygen atoms in total. The van der Waals surface area contributed by atoms with Gasteiger partial charge in [0, 0.05) is 50.8 Å². The number of aromatic nitrogens is 1. The second kappa shape index (κ2) is 8.55. The quantitative estimate of drug-likeness (QED) is 0.751. The highest BCUT2D eigenvalue weighted by Crippen LogP contribution is 2.23. The molecule has 0 spiro atoms. The van der Waals surface area contributed by atoms with E-state index in [0.29, 0.717) is 19.5 Å². The minimum absolute atomic E-state index is 0.0759. The third-order valence-electron chi connectivity index (χ3n) is 5.84. The minimum atomic E-state index is 0.0759. The predicted molar refractivity (Wildman–Crippen MR) is 110 cm³/mol. The van der Waals surface area contributed by atoms with Crippen LogP contribution in [0.2, 0.25) is 0 Å². The average Bonchev–Trinajstić information content (AvgIpc) is 2.77. The van der Waals surface area contributed by atoms with Gasteiger partial charge in [-0.05, 0) is 55.0 Å². The van der Waals surface area contributed by atoms with Gasteiger partial charge in [0.1, 0.15) is 5.82 Å². The molecule has 0 bridgehead atoms. The van der Waals surface area contributed by atoms with Crippen LogP contribution in [0.15, 0.2) is 42.6 Å². The lowest BCUT2D eigenvalue weighted by atomic mass is 9.89. The van der Waals surface area contributed by atoms with Gasteiger partial charge in [-0.1, -0.05) is 18.2 Å². The van der Waals surface area contributed by atoms with Crippen molar-refractivity contribution in [1.82, 2.24) is 9.88 Å². The van der Waals surface area contributed by atoms with E-state index in [4.69, 9.17) is 0 Å². The summed E-state index contributed by atoms with van der Waals surface area (Å²) in [6, 6.07) is 12.0. The smallest absolute Gasteiger partial charge is 0.223 e. The molecule has 1 saturated heterocycles. The maximum absolute atomic E-state index is 12.6. The first kappa shape index (κ1) is 18.7. The lowest BCUT2D eigenvalue weighted by Gasteiger charge is -2.35. The lowest BCUT2D eigenvalue weighted by molar-refractivity contribution is -0.131. The zero-order valence-electron chi connectivity index (χ0n) is 16.3. The summed E-state index contributed by atoms with van der Waals surface area (Å²) < 4.78 is 0. The first-order valence-electron chi connectivity index (χ1n) is 10.3. The number of carbonyl (C=O) groups excluding carboxylic acids is 2. The molecule has 0 N–H and O–H groups in total. The Bertz CT molecular complexity index is 842. The molecule has 0 unspecified atom stereocenters. The van der Waals surface area contributed by atoms with Crippen molar-refractivity contribution in [2.45, 2.75) is 38.5 Å². The van der Waals surface area contributed by atoms with Gasteiger partial charge in [0.15, 0.2) is 5.78 Å². The molecule has 0 radical (unpaired) electrons. The Morgan fingerprint density at radius 2 is 1.68 bits per heavy atom. The van der Waals surface area contributed by atoms with Crippen molar-refractivity contribution in [2.24, 2.45) is 0 Å². The largest absolute Gasteiger partial charge is 0.353 e. The van der Waals surface area contributed by atoms with E-state index in [-0.39, 0.29) is 18.1 Å². The topological polar surface area (TPSA) is 53.5 Å². The average molecular weight is 377 g/mol. The predicted octanol–water partition coefficient (Wildman–Crippen LogP) is 3.27. The molecule has 1 aliphatic carbocycles. The number of amides is 1. The summed E-state index contributed by atoms with van der Waals surface area (Å²) in [6.07, 6.45) is 7.00. The summed E-state index contributed by atoms with van der Waals surface area (Å²) in [5.41, 5.74) is 3.45. The number of carbonyl (C=O) groups is 2. The van der Waals surface area contributed by atoms with Crippen LogP contribution < -0.4 is 4.90 Å². The third kappa shape index (κ3) is 4.24. The van der Waals surface area contributed by atoms with E-state index in [1.165, 1.54) is 24.0 Å². The number of benzene rings is 1. The molecule has 28 heavy (non-hydrogen) atoms. The standard InChI is InChI=1S/C23H27N3O2/c27-21(20-9-8-18-5-1-2-6-19(18)17-20)10-11-23(28)26-15-13-25(14-16-26)22-7-3-4-12-24-22/h3-4,7-9,12,17H,1-2,5-6,10-11,13-16H2. The number of rotatable bonds is 5. The number of anilines is 1. The van der Waals surface area contributed by atoms with Crippen molar-refractivity contribution in [1.29, 1.82) is 0 Å². The molecule has 5 heteroatoms. The SMILES string of the molecule is O=C(CCC(=O)N1CCN(c2ccccn2)CC1)c1ccc2c(c1)CCCC2. The fraction of sp³-hybridized carbons (Fsp3) is 0.435. The van der Waals surface area contributed by atoms with Crippen molar-refractivity contribution >= 4 is 17.5 Å². The highest BCUT2D eigenvalue weighted by atomic mass is 16.2. The summed E-state index contributed by atoms with van der Waals surface area (Å²) in [6.45, 7) is 2.92. The summed E-state index contributed by atoms with van der Waals surface area (Å²) in [5.74, 6) is 1.11. The molecular formula is C23H27N3O2. The first-order chi connectivity index (χ1) is 13.7. The molecule has 1 fully saturated rings. The molecule has 1 aromatic carbocycles. The number of hydrogen-bond donors (Lipinski definition) is 0. The molecule has 2 aromatic rings. The Kier molecular flexibility index (Phi) is 5.70. The van der Waals surface area contributed by atoms with Gasteiger partial charge in [-0.3, -0.25) is 9.59 Å². The van der Waals surface area contributed by atoms with Crippen molar-refractivity contribution in [2.75, 3.05) is 31.1 Å². The molecule has 2 heterocycles. The van der Waals surface area contributed by atoms with E-state index in [0.717, 1.165) is 37.3 Å². The number of Topliss-reactive ketones (excluding diaryl/α,β-unsaturated/α-hetero) is 1. The first-order valence-corrected chi connectivity index (χ1v) is 10.3. The number of ketones is 1. The number of fused-ring (bicyclic) bond motifs is 1. The van der Waals surface area contributed by atoms with Gasteiger partial charge in [0.05, 0.1) is 0 Å². The van der Waals surface area contributed by atoms with Crippen molar-refractivity contribution in [3.63, 3.8) is 0 Å². The number of nitrogens with zero attached hydrogens (tertiary/aromatic N) is 3. The van der Waals surface area contributed by atoms with E-state index in [9.17, 15) is 9.59 Å². The van der Waals surface area contributed by atoms with Gasteiger partial charge in [-0.15, -0.1) is 0 Å². The number of hydrogen-bond acceptors (Lipinski definition) is 4. The van der Waals surface area contributed by atoms with Crippen molar-refractivity contribution in [3.8, 4) is 0 Å². The molecule has 1 amide bonds. The van der Waals surface area contributed by atoms with Crippen LogP contribution >= 0.6 is 0 Å².